The highest BCUT2D eigenvalue weighted by Gasteiger charge is 1.93. The third-order valence-corrected chi connectivity index (χ3v) is 1.37. The Bertz CT molecular complexity index is 65.2. The third-order valence-electron chi connectivity index (χ3n) is 1.37. The molecule has 0 radical (unpaired) electrons. The highest BCUT2D eigenvalue weighted by atomic mass is 14.9. The van der Waals surface area contributed by atoms with Crippen LogP contribution in [0.2, 0.25) is 0 Å². The topological polar surface area (TPSA) is 12.0 Å². The van der Waals surface area contributed by atoms with Crippen molar-refractivity contribution in [2.75, 3.05) is 13.1 Å². The molecule has 1 rings (SSSR count). The van der Waals surface area contributed by atoms with E-state index in [-0.39, 0.29) is 0 Å². The first-order valence-corrected chi connectivity index (χ1v) is 3.86. The smallest absolute Gasteiger partial charge is 0.00489 e. The minimum absolute atomic E-state index is 1.25. The number of allylic oxidation sites excluding steroid dienone is 2. The van der Waals surface area contributed by atoms with Gasteiger partial charge in [0, 0.05) is 0 Å². The normalized spacial score (nSPS) is 16.4. The molecular weight excluding hydrogens is 122 g/mol. The quantitative estimate of drug-likeness (QED) is 0.549. The second-order valence-electron chi connectivity index (χ2n) is 2.28. The molecule has 1 aliphatic rings. The third kappa shape index (κ3) is 7.44. The van der Waals surface area contributed by atoms with Crippen molar-refractivity contribution in [2.45, 2.75) is 19.3 Å². The largest absolute Gasteiger partial charge is 0.317 e. The van der Waals surface area contributed by atoms with E-state index in [1.807, 2.05) is 0 Å². The second kappa shape index (κ2) is 8.44. The lowest BCUT2D eigenvalue weighted by molar-refractivity contribution is 0.520. The van der Waals surface area contributed by atoms with Gasteiger partial charge in [-0.05, 0) is 25.9 Å². The van der Waals surface area contributed by atoms with Gasteiger partial charge in [0.1, 0.15) is 0 Å². The zero-order valence-electron chi connectivity index (χ0n) is 6.60. The summed E-state index contributed by atoms with van der Waals surface area (Å²) in [6.45, 7) is 9.22. The Balaban J connectivity index is 0.000000180. The first kappa shape index (κ1) is 9.44. The molecule has 0 unspecified atom stereocenters. The van der Waals surface area contributed by atoms with Gasteiger partial charge in [0.2, 0.25) is 0 Å². The predicted octanol–water partition coefficient (Wildman–Crippen LogP) is 2.12. The van der Waals surface area contributed by atoms with Crippen molar-refractivity contribution < 1.29 is 0 Å². The Morgan fingerprint density at radius 2 is 1.40 bits per heavy atom. The Labute approximate surface area is 63.8 Å². The summed E-state index contributed by atoms with van der Waals surface area (Å²) in [7, 11) is 0. The van der Waals surface area contributed by atoms with Crippen LogP contribution in [0.25, 0.3) is 0 Å². The minimum Gasteiger partial charge on any atom is -0.317 e. The monoisotopic (exact) mass is 139 g/mol. The summed E-state index contributed by atoms with van der Waals surface area (Å²) < 4.78 is 0. The van der Waals surface area contributed by atoms with E-state index in [2.05, 4.69) is 18.5 Å². The van der Waals surface area contributed by atoms with Crippen LogP contribution >= 0.6 is 0 Å². The summed E-state index contributed by atoms with van der Waals surface area (Å²) in [5, 5.41) is 3.28. The Hall–Kier alpha value is -0.560. The molecule has 1 nitrogen and oxygen atoms in total. The highest BCUT2D eigenvalue weighted by molar-refractivity contribution is 4.88. The molecule has 0 aromatic carbocycles. The van der Waals surface area contributed by atoms with Gasteiger partial charge in [-0.15, -0.1) is 0 Å². The molecule has 0 atom stereocenters. The predicted molar refractivity (Wildman–Crippen MR) is 47.1 cm³/mol. The number of piperidine rings is 1. The molecule has 0 aromatic heterocycles. The Morgan fingerprint density at radius 1 is 0.900 bits per heavy atom. The molecule has 0 saturated carbocycles. The van der Waals surface area contributed by atoms with Gasteiger partial charge in [-0.2, -0.15) is 0 Å². The van der Waals surface area contributed by atoms with E-state index < -0.39 is 0 Å². The maximum Gasteiger partial charge on any atom is -0.00489 e. The molecule has 1 heteroatoms. The Kier molecular flexibility index (Phi) is 7.97. The van der Waals surface area contributed by atoms with Crippen molar-refractivity contribution in [1.29, 1.82) is 0 Å². The van der Waals surface area contributed by atoms with Crippen LogP contribution in [0.15, 0.2) is 25.3 Å². The van der Waals surface area contributed by atoms with E-state index in [0.717, 1.165) is 0 Å². The average molecular weight is 139 g/mol. The molecule has 58 valence electrons. The fourth-order valence-corrected chi connectivity index (χ4v) is 0.802. The van der Waals surface area contributed by atoms with E-state index in [9.17, 15) is 0 Å². The molecule has 1 N–H and O–H groups in total. The van der Waals surface area contributed by atoms with Gasteiger partial charge in [-0.3, -0.25) is 0 Å². The van der Waals surface area contributed by atoms with Crippen LogP contribution in [-0.4, -0.2) is 13.1 Å². The van der Waals surface area contributed by atoms with Gasteiger partial charge in [-0.1, -0.05) is 31.7 Å². The summed E-state index contributed by atoms with van der Waals surface area (Å²) in [5.41, 5.74) is 0. The fraction of sp³-hybridized carbons (Fsp3) is 0.556. The van der Waals surface area contributed by atoms with Crippen molar-refractivity contribution in [3.05, 3.63) is 25.3 Å². The standard InChI is InChI=1S/C5H11N.C4H6/c1-2-4-6-5-3-1;1-3-4-2/h6H,1-5H2;3-4H,1-2H2. The Morgan fingerprint density at radius 3 is 1.50 bits per heavy atom. The molecule has 1 heterocycles. The van der Waals surface area contributed by atoms with Crippen molar-refractivity contribution in [3.63, 3.8) is 0 Å². The number of rotatable bonds is 1. The van der Waals surface area contributed by atoms with Gasteiger partial charge >= 0.3 is 0 Å². The van der Waals surface area contributed by atoms with Crippen LogP contribution in [0, 0.1) is 0 Å². The molecule has 1 saturated heterocycles. The lowest BCUT2D eigenvalue weighted by atomic mass is 10.2. The van der Waals surface area contributed by atoms with Crippen molar-refractivity contribution >= 4 is 0 Å². The van der Waals surface area contributed by atoms with E-state index in [0.29, 0.717) is 0 Å². The van der Waals surface area contributed by atoms with E-state index in [4.69, 9.17) is 0 Å². The second-order valence-corrected chi connectivity index (χ2v) is 2.28. The highest BCUT2D eigenvalue weighted by Crippen LogP contribution is 1.96. The zero-order chi connectivity index (χ0) is 7.66. The molecule has 1 aliphatic heterocycles. The maximum atomic E-state index is 3.36. The zero-order valence-corrected chi connectivity index (χ0v) is 6.60. The van der Waals surface area contributed by atoms with E-state index >= 15 is 0 Å². The molecule has 0 bridgehead atoms. The van der Waals surface area contributed by atoms with Crippen molar-refractivity contribution in [3.8, 4) is 0 Å². The van der Waals surface area contributed by atoms with Crippen LogP contribution in [0.1, 0.15) is 19.3 Å². The van der Waals surface area contributed by atoms with Gasteiger partial charge in [0.25, 0.3) is 0 Å². The fourth-order valence-electron chi connectivity index (χ4n) is 0.802. The van der Waals surface area contributed by atoms with Crippen LogP contribution in [0.5, 0.6) is 0 Å². The van der Waals surface area contributed by atoms with Crippen LogP contribution < -0.4 is 5.32 Å². The molecule has 10 heavy (non-hydrogen) atoms. The first-order valence-electron chi connectivity index (χ1n) is 3.86. The number of nitrogens with one attached hydrogen (secondary N) is 1. The first-order chi connectivity index (χ1) is 4.91. The number of hydrogen-bond donors (Lipinski definition) is 1. The SMILES string of the molecule is C1CCNCC1.C=CC=C. The van der Waals surface area contributed by atoms with Crippen molar-refractivity contribution in [1.82, 2.24) is 5.32 Å². The van der Waals surface area contributed by atoms with Gasteiger partial charge < -0.3 is 5.32 Å². The molecule has 0 amide bonds. The summed E-state index contributed by atoms with van der Waals surface area (Å²) >= 11 is 0. The van der Waals surface area contributed by atoms with Crippen LogP contribution in [0.3, 0.4) is 0 Å². The molecule has 0 aromatic rings. The molecular formula is C9H17N. The summed E-state index contributed by atoms with van der Waals surface area (Å²) in [4.78, 5) is 0. The summed E-state index contributed by atoms with van der Waals surface area (Å²) in [6, 6.07) is 0. The molecule has 0 aliphatic carbocycles. The van der Waals surface area contributed by atoms with Crippen molar-refractivity contribution in [2.24, 2.45) is 0 Å². The van der Waals surface area contributed by atoms with Crippen LogP contribution in [-0.2, 0) is 0 Å². The lowest BCUT2D eigenvalue weighted by Crippen LogP contribution is -2.21. The van der Waals surface area contributed by atoms with Gasteiger partial charge in [-0.25, -0.2) is 0 Å². The summed E-state index contributed by atoms with van der Waals surface area (Å²) in [6.07, 6.45) is 7.49. The van der Waals surface area contributed by atoms with E-state index in [1.54, 1.807) is 12.2 Å². The maximum absolute atomic E-state index is 3.36. The van der Waals surface area contributed by atoms with Gasteiger partial charge in [0.05, 0.1) is 0 Å². The van der Waals surface area contributed by atoms with Crippen LogP contribution in [0.4, 0.5) is 0 Å². The lowest BCUT2D eigenvalue weighted by Gasteiger charge is -2.08. The van der Waals surface area contributed by atoms with E-state index in [1.165, 1.54) is 32.4 Å². The molecule has 0 spiro atoms. The van der Waals surface area contributed by atoms with Gasteiger partial charge in [0.15, 0.2) is 0 Å². The summed E-state index contributed by atoms with van der Waals surface area (Å²) in [5.74, 6) is 0. The average Bonchev–Trinajstić information content (AvgIpc) is 2.08. The minimum atomic E-state index is 1.25. The number of hydrogen-bond acceptors (Lipinski definition) is 1. The molecule has 1 fully saturated rings.